The topological polar surface area (TPSA) is 68.1 Å². The zero-order valence-corrected chi connectivity index (χ0v) is 12.7. The second-order valence-electron chi connectivity index (χ2n) is 5.31. The normalized spacial score (nSPS) is 18.6. The van der Waals surface area contributed by atoms with Gasteiger partial charge in [0.15, 0.2) is 0 Å². The second kappa shape index (κ2) is 5.91. The number of non-ortho nitro benzene ring substituents is 1. The van der Waals surface area contributed by atoms with E-state index in [1.54, 1.807) is 23.5 Å². The summed E-state index contributed by atoms with van der Waals surface area (Å²) in [5, 5.41) is 15.4. The van der Waals surface area contributed by atoms with E-state index in [4.69, 9.17) is 4.98 Å². The Bertz CT molecular complexity index is 663. The van der Waals surface area contributed by atoms with Crippen molar-refractivity contribution in [2.75, 3.05) is 13.1 Å². The summed E-state index contributed by atoms with van der Waals surface area (Å²) in [5.41, 5.74) is 1.82. The van der Waals surface area contributed by atoms with Gasteiger partial charge in [-0.15, -0.1) is 11.3 Å². The Morgan fingerprint density at radius 3 is 3.05 bits per heavy atom. The number of nitrogens with zero attached hydrogens (tertiary/aromatic N) is 2. The summed E-state index contributed by atoms with van der Waals surface area (Å²) in [6.45, 7) is 4.09. The monoisotopic (exact) mass is 303 g/mol. The van der Waals surface area contributed by atoms with Gasteiger partial charge in [-0.2, -0.15) is 0 Å². The molecule has 1 aromatic heterocycles. The highest BCUT2D eigenvalue weighted by atomic mass is 32.1. The van der Waals surface area contributed by atoms with E-state index in [0.29, 0.717) is 5.92 Å². The lowest BCUT2D eigenvalue weighted by atomic mass is 10.0. The highest BCUT2D eigenvalue weighted by molar-refractivity contribution is 7.12. The van der Waals surface area contributed by atoms with Crippen LogP contribution >= 0.6 is 11.3 Å². The van der Waals surface area contributed by atoms with Gasteiger partial charge in [0.1, 0.15) is 0 Å². The number of piperidine rings is 1. The Morgan fingerprint density at radius 1 is 1.48 bits per heavy atom. The maximum atomic E-state index is 10.9. The summed E-state index contributed by atoms with van der Waals surface area (Å²) in [4.78, 5) is 16.4. The Morgan fingerprint density at radius 2 is 2.33 bits per heavy atom. The van der Waals surface area contributed by atoms with Crippen LogP contribution in [-0.4, -0.2) is 23.0 Å². The van der Waals surface area contributed by atoms with Crippen LogP contribution in [0.2, 0.25) is 0 Å². The molecule has 0 amide bonds. The highest BCUT2D eigenvalue weighted by Crippen LogP contribution is 2.34. The van der Waals surface area contributed by atoms with Gasteiger partial charge < -0.3 is 5.32 Å². The highest BCUT2D eigenvalue weighted by Gasteiger charge is 2.21. The molecule has 0 radical (unpaired) electrons. The van der Waals surface area contributed by atoms with Crippen molar-refractivity contribution < 1.29 is 4.92 Å². The van der Waals surface area contributed by atoms with Gasteiger partial charge in [-0.05, 0) is 26.3 Å². The quantitative estimate of drug-likeness (QED) is 0.696. The zero-order valence-electron chi connectivity index (χ0n) is 11.8. The van der Waals surface area contributed by atoms with Crippen molar-refractivity contribution in [3.8, 4) is 11.3 Å². The minimum Gasteiger partial charge on any atom is -0.316 e. The van der Waals surface area contributed by atoms with Crippen LogP contribution in [0.1, 0.15) is 28.6 Å². The molecule has 2 heterocycles. The third-order valence-corrected chi connectivity index (χ3v) is 4.92. The van der Waals surface area contributed by atoms with Crippen molar-refractivity contribution in [3.63, 3.8) is 0 Å². The Balaban J connectivity index is 1.93. The van der Waals surface area contributed by atoms with Gasteiger partial charge in [-0.3, -0.25) is 10.1 Å². The lowest BCUT2D eigenvalue weighted by Crippen LogP contribution is -2.28. The molecule has 2 aromatic rings. The average molecular weight is 303 g/mol. The standard InChI is InChI=1S/C15H17N3O2S/c1-10-14(11-4-2-6-13(8-11)18(19)20)17-15(21-10)12-5-3-7-16-9-12/h2,4,6,8,12,16H,3,5,7,9H2,1H3. The molecule has 0 bridgehead atoms. The van der Waals surface area contributed by atoms with Crippen LogP contribution in [0.15, 0.2) is 24.3 Å². The first-order chi connectivity index (χ1) is 10.1. The van der Waals surface area contributed by atoms with Gasteiger partial charge in [-0.1, -0.05) is 12.1 Å². The number of aromatic nitrogens is 1. The minimum absolute atomic E-state index is 0.112. The van der Waals surface area contributed by atoms with Gasteiger partial charge in [0.2, 0.25) is 0 Å². The summed E-state index contributed by atoms with van der Waals surface area (Å²) in [7, 11) is 0. The number of rotatable bonds is 3. The first-order valence-electron chi connectivity index (χ1n) is 7.08. The largest absolute Gasteiger partial charge is 0.316 e. The second-order valence-corrected chi connectivity index (χ2v) is 6.54. The summed E-state index contributed by atoms with van der Waals surface area (Å²) < 4.78 is 0. The fraction of sp³-hybridized carbons (Fsp3) is 0.400. The molecule has 1 fully saturated rings. The van der Waals surface area contributed by atoms with Crippen LogP contribution in [0.4, 0.5) is 5.69 Å². The van der Waals surface area contributed by atoms with Crippen molar-refractivity contribution in [2.45, 2.75) is 25.7 Å². The van der Waals surface area contributed by atoms with Crippen molar-refractivity contribution in [1.29, 1.82) is 0 Å². The Labute approximate surface area is 127 Å². The number of aryl methyl sites for hydroxylation is 1. The van der Waals surface area contributed by atoms with Gasteiger partial charge in [-0.25, -0.2) is 4.98 Å². The predicted octanol–water partition coefficient (Wildman–Crippen LogP) is 3.49. The van der Waals surface area contributed by atoms with Gasteiger partial charge in [0.05, 0.1) is 15.6 Å². The van der Waals surface area contributed by atoms with Crippen LogP contribution < -0.4 is 5.32 Å². The fourth-order valence-electron chi connectivity index (χ4n) is 2.69. The molecule has 0 aliphatic carbocycles. The molecule has 0 spiro atoms. The minimum atomic E-state index is -0.364. The molecule has 0 saturated carbocycles. The lowest BCUT2D eigenvalue weighted by Gasteiger charge is -2.20. The first kappa shape index (κ1) is 14.2. The van der Waals surface area contributed by atoms with E-state index in [2.05, 4.69) is 5.32 Å². The lowest BCUT2D eigenvalue weighted by molar-refractivity contribution is -0.384. The molecule has 6 heteroatoms. The van der Waals surface area contributed by atoms with Crippen LogP contribution in [-0.2, 0) is 0 Å². The molecule has 1 atom stereocenters. The van der Waals surface area contributed by atoms with E-state index in [1.165, 1.54) is 12.5 Å². The zero-order chi connectivity index (χ0) is 14.8. The van der Waals surface area contributed by atoms with Crippen LogP contribution in [0.3, 0.4) is 0 Å². The summed E-state index contributed by atoms with van der Waals surface area (Å²) >= 11 is 1.71. The summed E-state index contributed by atoms with van der Waals surface area (Å²) in [6, 6.07) is 6.72. The van der Waals surface area contributed by atoms with E-state index in [-0.39, 0.29) is 10.6 Å². The number of thiazole rings is 1. The maximum Gasteiger partial charge on any atom is 0.270 e. The molecule has 1 saturated heterocycles. The van der Waals surface area contributed by atoms with Crippen molar-refractivity contribution >= 4 is 17.0 Å². The average Bonchev–Trinajstić information content (AvgIpc) is 2.90. The number of hydrogen-bond donors (Lipinski definition) is 1. The number of hydrogen-bond acceptors (Lipinski definition) is 5. The molecule has 21 heavy (non-hydrogen) atoms. The first-order valence-corrected chi connectivity index (χ1v) is 7.89. The predicted molar refractivity (Wildman–Crippen MR) is 83.8 cm³/mol. The van der Waals surface area contributed by atoms with E-state index >= 15 is 0 Å². The number of nitro benzene ring substituents is 1. The molecule has 5 nitrogen and oxygen atoms in total. The molecule has 1 aliphatic heterocycles. The molecule has 1 unspecified atom stereocenters. The van der Waals surface area contributed by atoms with Gasteiger partial charge >= 0.3 is 0 Å². The SMILES string of the molecule is Cc1sc(C2CCCNC2)nc1-c1cccc([N+](=O)[O-])c1. The molecular weight excluding hydrogens is 286 g/mol. The van der Waals surface area contributed by atoms with Crippen molar-refractivity contribution in [3.05, 3.63) is 44.3 Å². The Kier molecular flexibility index (Phi) is 3.98. The van der Waals surface area contributed by atoms with E-state index in [0.717, 1.165) is 40.7 Å². The summed E-state index contributed by atoms with van der Waals surface area (Å²) in [5.74, 6) is 0.467. The van der Waals surface area contributed by atoms with Crippen molar-refractivity contribution in [1.82, 2.24) is 10.3 Å². The third kappa shape index (κ3) is 2.96. The van der Waals surface area contributed by atoms with Crippen LogP contribution in [0.25, 0.3) is 11.3 Å². The molecule has 110 valence electrons. The molecule has 3 rings (SSSR count). The van der Waals surface area contributed by atoms with Gasteiger partial charge in [0, 0.05) is 35.0 Å². The van der Waals surface area contributed by atoms with Crippen LogP contribution in [0, 0.1) is 17.0 Å². The summed E-state index contributed by atoms with van der Waals surface area (Å²) in [6.07, 6.45) is 2.34. The third-order valence-electron chi connectivity index (χ3n) is 3.79. The van der Waals surface area contributed by atoms with Crippen LogP contribution in [0.5, 0.6) is 0 Å². The van der Waals surface area contributed by atoms with E-state index in [1.807, 2.05) is 13.0 Å². The Hall–Kier alpha value is -1.79. The van der Waals surface area contributed by atoms with E-state index in [9.17, 15) is 10.1 Å². The van der Waals surface area contributed by atoms with Crippen molar-refractivity contribution in [2.24, 2.45) is 0 Å². The molecule has 1 aliphatic rings. The number of benzene rings is 1. The maximum absolute atomic E-state index is 10.9. The van der Waals surface area contributed by atoms with E-state index < -0.39 is 0 Å². The fourth-order valence-corrected chi connectivity index (χ4v) is 3.77. The molecule has 1 aromatic carbocycles. The molecule has 1 N–H and O–H groups in total. The smallest absolute Gasteiger partial charge is 0.270 e. The molecular formula is C15H17N3O2S. The van der Waals surface area contributed by atoms with Gasteiger partial charge in [0.25, 0.3) is 5.69 Å². The number of nitro groups is 1. The number of nitrogens with one attached hydrogen (secondary N) is 1.